The van der Waals surface area contributed by atoms with Gasteiger partial charge in [-0.2, -0.15) is 0 Å². The van der Waals surface area contributed by atoms with Crippen LogP contribution < -0.4 is 4.90 Å². The summed E-state index contributed by atoms with van der Waals surface area (Å²) in [5.74, 6) is -0.309. The van der Waals surface area contributed by atoms with Crippen molar-refractivity contribution in [2.24, 2.45) is 0 Å². The van der Waals surface area contributed by atoms with E-state index in [1.165, 1.54) is 17.0 Å². The van der Waals surface area contributed by atoms with Gasteiger partial charge in [0.05, 0.1) is 12.1 Å². The molecule has 8 heteroatoms. The third-order valence-corrected chi connectivity index (χ3v) is 6.70. The molecule has 0 saturated carbocycles. The number of unbranched alkanes of at least 4 members (excludes halogenated alkanes) is 1. The Kier molecular flexibility index (Phi) is 6.98. The van der Waals surface area contributed by atoms with Crippen LogP contribution in [-0.2, 0) is 24.1 Å². The number of anilines is 1. The number of nitrogens with zero attached hydrogens (tertiary/aromatic N) is 2. The van der Waals surface area contributed by atoms with Crippen LogP contribution in [0.3, 0.4) is 0 Å². The fourth-order valence-corrected chi connectivity index (χ4v) is 4.92. The van der Waals surface area contributed by atoms with Gasteiger partial charge in [0.1, 0.15) is 5.82 Å². The maximum atomic E-state index is 13.2. The third kappa shape index (κ3) is 5.19. The van der Waals surface area contributed by atoms with E-state index in [4.69, 9.17) is 11.6 Å². The van der Waals surface area contributed by atoms with Gasteiger partial charge >= 0.3 is 6.09 Å². The SMILES string of the molecule is O=C(CCCCN(CCc1ccc(F)cc1Cl)C(=O)O)c1cc2c3c(c1)CC(=O)N3CCC2. The number of halogens is 2. The minimum absolute atomic E-state index is 0.0190. The molecular weight excluding hydrogens is 447 g/mol. The number of rotatable bonds is 9. The van der Waals surface area contributed by atoms with Crippen molar-refractivity contribution >= 4 is 35.1 Å². The molecule has 0 aromatic heterocycles. The number of carbonyl (C=O) groups is 3. The Hall–Kier alpha value is -2.93. The maximum Gasteiger partial charge on any atom is 0.407 e. The monoisotopic (exact) mass is 472 g/mol. The largest absolute Gasteiger partial charge is 0.465 e. The molecule has 4 rings (SSSR count). The summed E-state index contributed by atoms with van der Waals surface area (Å²) in [6, 6.07) is 7.85. The molecule has 33 heavy (non-hydrogen) atoms. The second kappa shape index (κ2) is 9.91. The van der Waals surface area contributed by atoms with E-state index in [0.717, 1.165) is 36.2 Å². The summed E-state index contributed by atoms with van der Waals surface area (Å²) < 4.78 is 13.2. The highest BCUT2D eigenvalue weighted by molar-refractivity contribution is 6.31. The molecule has 0 radical (unpaired) electrons. The van der Waals surface area contributed by atoms with Crippen molar-refractivity contribution in [3.05, 3.63) is 63.4 Å². The third-order valence-electron chi connectivity index (χ3n) is 6.35. The fourth-order valence-electron chi connectivity index (χ4n) is 4.66. The molecule has 2 aliphatic heterocycles. The van der Waals surface area contributed by atoms with Crippen LogP contribution >= 0.6 is 11.6 Å². The zero-order chi connectivity index (χ0) is 23.5. The quantitative estimate of drug-likeness (QED) is 0.416. The average molecular weight is 473 g/mol. The van der Waals surface area contributed by atoms with Crippen molar-refractivity contribution in [1.29, 1.82) is 0 Å². The van der Waals surface area contributed by atoms with Gasteiger partial charge in [-0.3, -0.25) is 9.59 Å². The van der Waals surface area contributed by atoms with Crippen LogP contribution in [0.5, 0.6) is 0 Å². The normalized spacial score (nSPS) is 14.4. The van der Waals surface area contributed by atoms with E-state index < -0.39 is 11.9 Å². The predicted molar refractivity (Wildman–Crippen MR) is 124 cm³/mol. The molecule has 2 amide bonds. The fraction of sp³-hybridized carbons (Fsp3) is 0.400. The summed E-state index contributed by atoms with van der Waals surface area (Å²) in [5, 5.41) is 9.76. The lowest BCUT2D eigenvalue weighted by molar-refractivity contribution is -0.117. The van der Waals surface area contributed by atoms with Gasteiger partial charge in [0.2, 0.25) is 5.91 Å². The molecular formula is C25H26ClFN2O4. The van der Waals surface area contributed by atoms with E-state index in [9.17, 15) is 23.9 Å². The lowest BCUT2D eigenvalue weighted by Crippen LogP contribution is -2.32. The highest BCUT2D eigenvalue weighted by atomic mass is 35.5. The smallest absolute Gasteiger partial charge is 0.407 e. The summed E-state index contributed by atoms with van der Waals surface area (Å²) in [7, 11) is 0. The number of benzene rings is 2. The zero-order valence-corrected chi connectivity index (χ0v) is 19.0. The van der Waals surface area contributed by atoms with Crippen molar-refractivity contribution in [1.82, 2.24) is 4.90 Å². The molecule has 0 saturated heterocycles. The summed E-state index contributed by atoms with van der Waals surface area (Å²) >= 11 is 6.02. The molecule has 0 unspecified atom stereocenters. The van der Waals surface area contributed by atoms with E-state index in [1.807, 2.05) is 17.0 Å². The topological polar surface area (TPSA) is 77.9 Å². The molecule has 2 heterocycles. The van der Waals surface area contributed by atoms with E-state index >= 15 is 0 Å². The van der Waals surface area contributed by atoms with E-state index in [0.29, 0.717) is 49.8 Å². The van der Waals surface area contributed by atoms with Gasteiger partial charge in [-0.15, -0.1) is 0 Å². The van der Waals surface area contributed by atoms with Crippen molar-refractivity contribution in [3.8, 4) is 0 Å². The average Bonchev–Trinajstić information content (AvgIpc) is 3.10. The first-order valence-electron chi connectivity index (χ1n) is 11.2. The number of hydrogen-bond acceptors (Lipinski definition) is 3. The molecule has 2 aromatic rings. The Bertz CT molecular complexity index is 1100. The number of hydrogen-bond donors (Lipinski definition) is 1. The maximum absolute atomic E-state index is 13.2. The second-order valence-electron chi connectivity index (χ2n) is 8.60. The van der Waals surface area contributed by atoms with Crippen LogP contribution in [0.2, 0.25) is 5.02 Å². The second-order valence-corrected chi connectivity index (χ2v) is 9.01. The molecule has 0 atom stereocenters. The van der Waals surface area contributed by atoms with E-state index in [1.54, 1.807) is 6.07 Å². The molecule has 2 aromatic carbocycles. The van der Waals surface area contributed by atoms with Gasteiger partial charge < -0.3 is 14.9 Å². The molecule has 174 valence electrons. The first-order chi connectivity index (χ1) is 15.8. The summed E-state index contributed by atoms with van der Waals surface area (Å²) in [4.78, 5) is 39.7. The van der Waals surface area contributed by atoms with E-state index in [-0.39, 0.29) is 23.3 Å². The Morgan fingerprint density at radius 1 is 1.12 bits per heavy atom. The van der Waals surface area contributed by atoms with E-state index in [2.05, 4.69) is 0 Å². The standard InChI is InChI=1S/C25H26ClFN2O4/c26-21-15-20(27)7-6-16(21)8-11-28(25(32)33)9-2-1-5-22(30)18-12-17-4-3-10-29-23(31)14-19(13-18)24(17)29/h6-7,12-13,15H,1-5,8-11,14H2,(H,32,33). The number of carbonyl (C=O) groups excluding carboxylic acids is 2. The van der Waals surface area contributed by atoms with Gasteiger partial charge in [0.15, 0.2) is 5.78 Å². The molecule has 0 bridgehead atoms. The number of aryl methyl sites for hydroxylation is 1. The van der Waals surface area contributed by atoms with Gasteiger partial charge in [-0.25, -0.2) is 9.18 Å². The molecule has 1 N–H and O–H groups in total. The number of Topliss-reactive ketones (excluding diaryl/α,β-unsaturated/α-hetero) is 1. The van der Waals surface area contributed by atoms with Crippen molar-refractivity contribution in [2.75, 3.05) is 24.5 Å². The Morgan fingerprint density at radius 2 is 1.91 bits per heavy atom. The highest BCUT2D eigenvalue weighted by Crippen LogP contribution is 2.37. The Labute approximate surface area is 196 Å². The minimum atomic E-state index is -1.04. The Balaban J connectivity index is 1.29. The number of amides is 2. The van der Waals surface area contributed by atoms with Crippen LogP contribution in [0.25, 0.3) is 0 Å². The summed E-state index contributed by atoms with van der Waals surface area (Å²) in [6.45, 7) is 1.30. The molecule has 2 aliphatic rings. The molecule has 6 nitrogen and oxygen atoms in total. The molecule has 0 aliphatic carbocycles. The first-order valence-corrected chi connectivity index (χ1v) is 11.6. The van der Waals surface area contributed by atoms with Gasteiger partial charge in [0, 0.05) is 36.6 Å². The van der Waals surface area contributed by atoms with Gasteiger partial charge in [-0.1, -0.05) is 17.7 Å². The molecule has 0 fully saturated rings. The summed E-state index contributed by atoms with van der Waals surface area (Å²) in [6.07, 6.45) is 2.94. The lowest BCUT2D eigenvalue weighted by atomic mass is 9.94. The van der Waals surface area contributed by atoms with Crippen LogP contribution in [0, 0.1) is 5.82 Å². The lowest BCUT2D eigenvalue weighted by Gasteiger charge is -2.25. The van der Waals surface area contributed by atoms with Crippen molar-refractivity contribution in [2.45, 2.75) is 44.9 Å². The van der Waals surface area contributed by atoms with Crippen molar-refractivity contribution in [3.63, 3.8) is 0 Å². The molecule has 0 spiro atoms. The first kappa shape index (κ1) is 23.2. The van der Waals surface area contributed by atoms with Gasteiger partial charge in [0.25, 0.3) is 0 Å². The minimum Gasteiger partial charge on any atom is -0.465 e. The zero-order valence-electron chi connectivity index (χ0n) is 18.3. The number of ketones is 1. The van der Waals surface area contributed by atoms with Crippen LogP contribution in [0.4, 0.5) is 14.9 Å². The van der Waals surface area contributed by atoms with Gasteiger partial charge in [-0.05, 0) is 73.1 Å². The van der Waals surface area contributed by atoms with Crippen LogP contribution in [0.1, 0.15) is 52.7 Å². The van der Waals surface area contributed by atoms with Crippen LogP contribution in [-0.4, -0.2) is 47.4 Å². The van der Waals surface area contributed by atoms with Crippen LogP contribution in [0.15, 0.2) is 30.3 Å². The Morgan fingerprint density at radius 3 is 2.67 bits per heavy atom. The predicted octanol–water partition coefficient (Wildman–Crippen LogP) is 4.89. The summed E-state index contributed by atoms with van der Waals surface area (Å²) in [5.41, 5.74) is 4.35. The van der Waals surface area contributed by atoms with Crippen molar-refractivity contribution < 1.29 is 23.9 Å². The highest BCUT2D eigenvalue weighted by Gasteiger charge is 2.32. The number of carboxylic acid groups (broad SMARTS) is 1.